The molecule has 3 rings (SSSR count). The van der Waals surface area contributed by atoms with Gasteiger partial charge >= 0.3 is 6.18 Å². The van der Waals surface area contributed by atoms with Crippen molar-refractivity contribution in [1.82, 2.24) is 4.98 Å². The number of nitrogens with two attached hydrogens (primary N) is 1. The highest BCUT2D eigenvalue weighted by atomic mass is 19.4. The molecule has 0 aliphatic carbocycles. The predicted molar refractivity (Wildman–Crippen MR) is 110 cm³/mol. The summed E-state index contributed by atoms with van der Waals surface area (Å²) in [6.07, 6.45) is -4.58. The van der Waals surface area contributed by atoms with E-state index < -0.39 is 28.2 Å². The molecule has 33 heavy (non-hydrogen) atoms. The van der Waals surface area contributed by atoms with Crippen LogP contribution in [0.1, 0.15) is 16.7 Å². The Morgan fingerprint density at radius 2 is 1.94 bits per heavy atom. The SMILES string of the molecule is Cc1c(C#N)c(N)nc(Nc2cccc(C(F)(F)F)c2)c1N=Nc1ccc([N+](=O)[O-])cc1F. The zero-order valence-electron chi connectivity index (χ0n) is 16.7. The van der Waals surface area contributed by atoms with Crippen LogP contribution in [-0.2, 0) is 6.18 Å². The number of nitriles is 1. The number of nitro benzene ring substituents is 1. The summed E-state index contributed by atoms with van der Waals surface area (Å²) >= 11 is 0. The van der Waals surface area contributed by atoms with Crippen LogP contribution < -0.4 is 11.1 Å². The molecule has 9 nitrogen and oxygen atoms in total. The normalized spacial score (nSPS) is 11.4. The Labute approximate surface area is 183 Å². The molecule has 0 aliphatic rings. The quantitative estimate of drug-likeness (QED) is 0.205. The first-order valence-electron chi connectivity index (χ1n) is 9.01. The first-order valence-corrected chi connectivity index (χ1v) is 9.01. The van der Waals surface area contributed by atoms with Crippen molar-refractivity contribution >= 4 is 34.4 Å². The summed E-state index contributed by atoms with van der Waals surface area (Å²) in [4.78, 5) is 14.0. The molecule has 0 atom stereocenters. The highest BCUT2D eigenvalue weighted by Gasteiger charge is 2.30. The number of benzene rings is 2. The van der Waals surface area contributed by atoms with Gasteiger partial charge in [-0.15, -0.1) is 10.2 Å². The first kappa shape index (κ1) is 23.1. The van der Waals surface area contributed by atoms with Crippen LogP contribution in [-0.4, -0.2) is 9.91 Å². The number of azo groups is 1. The Kier molecular flexibility index (Phi) is 6.20. The van der Waals surface area contributed by atoms with Crippen molar-refractivity contribution in [2.24, 2.45) is 10.2 Å². The molecule has 2 aromatic carbocycles. The standard InChI is InChI=1S/C20H13F4N7O2/c1-10-14(9-25)18(26)28-19(27-12-4-2-3-11(7-12)20(22,23)24)17(10)30-29-16-6-5-13(31(32)33)8-15(16)21/h2-8H,1H3,(H3,26,27,28). The van der Waals surface area contributed by atoms with E-state index in [1.54, 1.807) is 0 Å². The van der Waals surface area contributed by atoms with Crippen LogP contribution >= 0.6 is 0 Å². The van der Waals surface area contributed by atoms with Crippen LogP contribution in [0.3, 0.4) is 0 Å². The molecule has 1 aromatic heterocycles. The predicted octanol–water partition coefficient (Wildman–Crippen LogP) is 6.07. The van der Waals surface area contributed by atoms with E-state index in [2.05, 4.69) is 20.5 Å². The third-order valence-electron chi connectivity index (χ3n) is 4.41. The third-order valence-corrected chi connectivity index (χ3v) is 4.41. The van der Waals surface area contributed by atoms with E-state index in [-0.39, 0.29) is 39.8 Å². The highest BCUT2D eigenvalue weighted by Crippen LogP contribution is 2.37. The molecule has 168 valence electrons. The molecule has 3 N–H and O–H groups in total. The van der Waals surface area contributed by atoms with Gasteiger partial charge in [0.1, 0.15) is 23.3 Å². The summed E-state index contributed by atoms with van der Waals surface area (Å²) in [5.74, 6) is -1.36. The Bertz CT molecular complexity index is 1320. The maximum atomic E-state index is 14.2. The van der Waals surface area contributed by atoms with E-state index >= 15 is 0 Å². The number of rotatable bonds is 5. The molecule has 0 unspecified atom stereocenters. The van der Waals surface area contributed by atoms with Gasteiger partial charge in [0.25, 0.3) is 5.69 Å². The van der Waals surface area contributed by atoms with Gasteiger partial charge in [0, 0.05) is 17.3 Å². The van der Waals surface area contributed by atoms with E-state index in [0.717, 1.165) is 24.3 Å². The smallest absolute Gasteiger partial charge is 0.383 e. The number of nitro groups is 1. The average molecular weight is 459 g/mol. The van der Waals surface area contributed by atoms with Crippen molar-refractivity contribution < 1.29 is 22.5 Å². The van der Waals surface area contributed by atoms with Gasteiger partial charge in [0.15, 0.2) is 11.6 Å². The molecule has 13 heteroatoms. The van der Waals surface area contributed by atoms with Gasteiger partial charge in [-0.25, -0.2) is 9.37 Å². The third kappa shape index (κ3) is 5.01. The second kappa shape index (κ2) is 8.87. The molecule has 0 fully saturated rings. The maximum absolute atomic E-state index is 14.2. The van der Waals surface area contributed by atoms with Gasteiger partial charge in [-0.2, -0.15) is 18.4 Å². The summed E-state index contributed by atoms with van der Waals surface area (Å²) in [6.45, 7) is 1.45. The topological polar surface area (TPSA) is 143 Å². The average Bonchev–Trinajstić information content (AvgIpc) is 2.74. The lowest BCUT2D eigenvalue weighted by atomic mass is 10.1. The summed E-state index contributed by atoms with van der Waals surface area (Å²) in [5.41, 5.74) is 4.07. The van der Waals surface area contributed by atoms with Crippen LogP contribution in [0.5, 0.6) is 0 Å². The highest BCUT2D eigenvalue weighted by molar-refractivity contribution is 5.77. The van der Waals surface area contributed by atoms with Gasteiger partial charge in [-0.3, -0.25) is 10.1 Å². The molecule has 0 aliphatic heterocycles. The fourth-order valence-corrected chi connectivity index (χ4v) is 2.77. The zero-order valence-corrected chi connectivity index (χ0v) is 16.7. The van der Waals surface area contributed by atoms with Crippen molar-refractivity contribution in [3.63, 3.8) is 0 Å². The van der Waals surface area contributed by atoms with Crippen LogP contribution in [0, 0.1) is 34.2 Å². The minimum absolute atomic E-state index is 0.00111. The minimum atomic E-state index is -4.58. The maximum Gasteiger partial charge on any atom is 0.416 e. The summed E-state index contributed by atoms with van der Waals surface area (Å²) in [5, 5.41) is 30.3. The van der Waals surface area contributed by atoms with Crippen LogP contribution in [0.25, 0.3) is 0 Å². The molecule has 0 saturated carbocycles. The number of hydrogen-bond donors (Lipinski definition) is 2. The fraction of sp³-hybridized carbons (Fsp3) is 0.100. The van der Waals surface area contributed by atoms with Crippen LogP contribution in [0.15, 0.2) is 52.7 Å². The molecule has 3 aromatic rings. The fourth-order valence-electron chi connectivity index (χ4n) is 2.77. The lowest BCUT2D eigenvalue weighted by Crippen LogP contribution is -2.06. The number of hydrogen-bond acceptors (Lipinski definition) is 8. The van der Waals surface area contributed by atoms with Crippen molar-refractivity contribution in [1.29, 1.82) is 5.26 Å². The Morgan fingerprint density at radius 3 is 2.55 bits per heavy atom. The number of nitrogens with zero attached hydrogens (tertiary/aromatic N) is 5. The van der Waals surface area contributed by atoms with Crippen molar-refractivity contribution in [3.05, 3.63) is 75.1 Å². The Morgan fingerprint density at radius 1 is 1.21 bits per heavy atom. The number of anilines is 3. The lowest BCUT2D eigenvalue weighted by Gasteiger charge is -2.14. The Balaban J connectivity index is 2.07. The lowest BCUT2D eigenvalue weighted by molar-refractivity contribution is -0.385. The van der Waals surface area contributed by atoms with Crippen LogP contribution in [0.2, 0.25) is 0 Å². The number of nitrogens with one attached hydrogen (secondary N) is 1. The second-order valence-electron chi connectivity index (χ2n) is 6.60. The van der Waals surface area contributed by atoms with E-state index in [1.807, 2.05) is 6.07 Å². The summed E-state index contributed by atoms with van der Waals surface area (Å²) < 4.78 is 53.2. The number of non-ortho nitro benzene ring substituents is 1. The van der Waals surface area contributed by atoms with E-state index in [1.165, 1.54) is 19.1 Å². The van der Waals surface area contributed by atoms with E-state index in [0.29, 0.717) is 6.07 Å². The number of pyridine rings is 1. The second-order valence-corrected chi connectivity index (χ2v) is 6.60. The van der Waals surface area contributed by atoms with Gasteiger partial charge in [-0.05, 0) is 31.2 Å². The molecular weight excluding hydrogens is 446 g/mol. The largest absolute Gasteiger partial charge is 0.416 e. The van der Waals surface area contributed by atoms with Crippen molar-refractivity contribution in [3.8, 4) is 6.07 Å². The molecular formula is C20H13F4N7O2. The first-order chi connectivity index (χ1) is 15.5. The van der Waals surface area contributed by atoms with E-state index in [9.17, 15) is 32.9 Å². The summed E-state index contributed by atoms with van der Waals surface area (Å²) in [7, 11) is 0. The minimum Gasteiger partial charge on any atom is -0.383 e. The molecule has 0 bridgehead atoms. The van der Waals surface area contributed by atoms with Crippen LogP contribution in [0.4, 0.5) is 51.9 Å². The molecule has 0 radical (unpaired) electrons. The van der Waals surface area contributed by atoms with Crippen molar-refractivity contribution in [2.45, 2.75) is 13.1 Å². The molecule has 0 amide bonds. The number of aromatic nitrogens is 1. The molecule has 1 heterocycles. The van der Waals surface area contributed by atoms with Gasteiger partial charge in [0.05, 0.1) is 22.1 Å². The van der Waals surface area contributed by atoms with Gasteiger partial charge in [-0.1, -0.05) is 6.07 Å². The summed E-state index contributed by atoms with van der Waals surface area (Å²) in [6, 6.07) is 8.79. The van der Waals surface area contributed by atoms with E-state index in [4.69, 9.17) is 5.73 Å². The van der Waals surface area contributed by atoms with Crippen molar-refractivity contribution in [2.75, 3.05) is 11.1 Å². The number of halogens is 4. The van der Waals surface area contributed by atoms with Gasteiger partial charge in [0.2, 0.25) is 0 Å². The zero-order chi connectivity index (χ0) is 24.3. The molecule has 0 spiro atoms. The number of nitrogen functional groups attached to an aromatic ring is 1. The van der Waals surface area contributed by atoms with Gasteiger partial charge < -0.3 is 11.1 Å². The monoisotopic (exact) mass is 459 g/mol. The Hall–Kier alpha value is -4.60. The number of alkyl halides is 3. The molecule has 0 saturated heterocycles.